The lowest BCUT2D eigenvalue weighted by Crippen LogP contribution is -2.42. The summed E-state index contributed by atoms with van der Waals surface area (Å²) < 4.78 is 8.10. The number of rotatable bonds is 6. The van der Waals surface area contributed by atoms with Crippen molar-refractivity contribution in [1.82, 2.24) is 9.38 Å². The van der Waals surface area contributed by atoms with Crippen molar-refractivity contribution in [3.05, 3.63) is 41.7 Å². The number of fused-ring (bicyclic) bond motifs is 1. The highest BCUT2D eigenvalue weighted by molar-refractivity contribution is 7.98. The third-order valence-corrected chi connectivity index (χ3v) is 7.52. The first-order chi connectivity index (χ1) is 16.1. The summed E-state index contributed by atoms with van der Waals surface area (Å²) in [6, 6.07) is 12.5. The molecule has 8 heteroatoms. The van der Waals surface area contributed by atoms with Crippen LogP contribution in [0.4, 0.5) is 5.69 Å². The fourth-order valence-corrected chi connectivity index (χ4v) is 5.35. The number of imidazole rings is 1. The van der Waals surface area contributed by atoms with Gasteiger partial charge in [0.1, 0.15) is 41.4 Å². The zero-order chi connectivity index (χ0) is 23.0. The van der Waals surface area contributed by atoms with Crippen molar-refractivity contribution in [2.24, 2.45) is 5.73 Å². The zero-order valence-electron chi connectivity index (χ0n) is 18.7. The molecule has 0 amide bonds. The monoisotopic (exact) mass is 458 g/mol. The summed E-state index contributed by atoms with van der Waals surface area (Å²) in [5.41, 5.74) is 10.6. The van der Waals surface area contributed by atoms with Gasteiger partial charge in [-0.25, -0.2) is 4.98 Å². The van der Waals surface area contributed by atoms with Gasteiger partial charge in [-0.05, 0) is 49.8 Å². The molecular weight excluding hydrogens is 432 g/mol. The topological polar surface area (TPSA) is 103 Å². The lowest BCUT2D eigenvalue weighted by atomic mass is 10.0. The second-order valence-electron chi connectivity index (χ2n) is 8.88. The Bertz CT molecular complexity index is 1290. The van der Waals surface area contributed by atoms with Crippen molar-refractivity contribution >= 4 is 23.1 Å². The van der Waals surface area contributed by atoms with Gasteiger partial charge in [0, 0.05) is 23.5 Å². The summed E-state index contributed by atoms with van der Waals surface area (Å²) in [6.07, 6.45) is 8.95. The molecule has 2 fully saturated rings. The molecule has 2 aromatic heterocycles. The highest BCUT2D eigenvalue weighted by Gasteiger charge is 2.31. The minimum atomic E-state index is -0.342. The minimum absolute atomic E-state index is 0.342. The first kappa shape index (κ1) is 21.6. The number of aromatic nitrogens is 2. The number of pyridine rings is 1. The maximum atomic E-state index is 10.0. The van der Waals surface area contributed by atoms with Crippen molar-refractivity contribution in [2.45, 2.75) is 42.5 Å². The molecule has 3 heterocycles. The van der Waals surface area contributed by atoms with Crippen LogP contribution in [-0.2, 0) is 0 Å². The van der Waals surface area contributed by atoms with E-state index in [1.54, 1.807) is 6.20 Å². The molecule has 1 saturated heterocycles. The number of hydrogen-bond donors (Lipinski definition) is 1. The van der Waals surface area contributed by atoms with Gasteiger partial charge in [-0.3, -0.25) is 4.40 Å². The Hall–Kier alpha value is -3.20. The number of ether oxygens (including phenoxy) is 1. The largest absolute Gasteiger partial charge is 0.490 e. The van der Waals surface area contributed by atoms with E-state index in [0.29, 0.717) is 23.6 Å². The predicted octanol–water partition coefficient (Wildman–Crippen LogP) is 4.33. The molecular formula is C25H26N6OS. The van der Waals surface area contributed by atoms with E-state index < -0.39 is 0 Å². The maximum absolute atomic E-state index is 10.0. The molecule has 3 aromatic rings. The maximum Gasteiger partial charge on any atom is 0.150 e. The Morgan fingerprint density at radius 1 is 1.15 bits per heavy atom. The van der Waals surface area contributed by atoms with E-state index in [1.165, 1.54) is 11.8 Å². The summed E-state index contributed by atoms with van der Waals surface area (Å²) in [4.78, 5) is 7.60. The number of thioether (sulfide) groups is 1. The summed E-state index contributed by atoms with van der Waals surface area (Å²) >= 11 is 1.50. The van der Waals surface area contributed by atoms with Crippen molar-refractivity contribution in [3.63, 3.8) is 0 Å². The number of anilines is 1. The van der Waals surface area contributed by atoms with Crippen LogP contribution in [0, 0.1) is 22.7 Å². The van der Waals surface area contributed by atoms with E-state index >= 15 is 0 Å². The van der Waals surface area contributed by atoms with Crippen LogP contribution in [0.3, 0.4) is 0 Å². The van der Waals surface area contributed by atoms with Crippen LogP contribution in [0.2, 0.25) is 0 Å². The molecule has 0 radical (unpaired) electrons. The Morgan fingerprint density at radius 3 is 2.58 bits per heavy atom. The smallest absolute Gasteiger partial charge is 0.150 e. The Labute approximate surface area is 197 Å². The minimum Gasteiger partial charge on any atom is -0.490 e. The number of nitriles is 2. The van der Waals surface area contributed by atoms with E-state index in [9.17, 15) is 10.5 Å². The standard InChI is InChI=1S/C25H26N6OS/c1-33-23-12-17(11-22(18(23)13-26)32-16-25(28)7-2-3-8-25)21-15-29-24-6-5-19(30-9-4-10-30)20(14-27)31(21)24/h5-6,11-12,15H,2-4,7-10,16,28H2,1H3. The van der Waals surface area contributed by atoms with Gasteiger partial charge in [0.2, 0.25) is 0 Å². The lowest BCUT2D eigenvalue weighted by Gasteiger charge is -2.33. The van der Waals surface area contributed by atoms with Gasteiger partial charge in [0.15, 0.2) is 0 Å². The third kappa shape index (κ3) is 3.80. The average Bonchev–Trinajstić information content (AvgIpc) is 3.42. The highest BCUT2D eigenvalue weighted by Crippen LogP contribution is 2.37. The number of hydrogen-bond acceptors (Lipinski definition) is 7. The van der Waals surface area contributed by atoms with E-state index in [2.05, 4.69) is 22.0 Å². The fraction of sp³-hybridized carbons (Fsp3) is 0.400. The van der Waals surface area contributed by atoms with Crippen LogP contribution < -0.4 is 15.4 Å². The first-order valence-corrected chi connectivity index (χ1v) is 12.5. The number of nitrogens with two attached hydrogens (primary N) is 1. The van der Waals surface area contributed by atoms with Crippen LogP contribution in [0.1, 0.15) is 43.4 Å². The quantitative estimate of drug-likeness (QED) is 0.548. The molecule has 0 atom stereocenters. The van der Waals surface area contributed by atoms with Crippen molar-refractivity contribution in [3.8, 4) is 29.1 Å². The third-order valence-electron chi connectivity index (χ3n) is 6.76. The number of benzene rings is 1. The van der Waals surface area contributed by atoms with Crippen molar-refractivity contribution in [1.29, 1.82) is 10.5 Å². The van der Waals surface area contributed by atoms with Crippen LogP contribution in [0.15, 0.2) is 35.4 Å². The van der Waals surface area contributed by atoms with Crippen LogP contribution >= 0.6 is 11.8 Å². The molecule has 1 aliphatic heterocycles. The van der Waals surface area contributed by atoms with Gasteiger partial charge in [-0.2, -0.15) is 10.5 Å². The second-order valence-corrected chi connectivity index (χ2v) is 9.73. The highest BCUT2D eigenvalue weighted by atomic mass is 32.2. The molecule has 0 spiro atoms. The number of nitrogens with zero attached hydrogens (tertiary/aromatic N) is 5. The van der Waals surface area contributed by atoms with Gasteiger partial charge in [-0.15, -0.1) is 11.8 Å². The summed E-state index contributed by atoms with van der Waals surface area (Å²) in [6.45, 7) is 2.29. The van der Waals surface area contributed by atoms with Gasteiger partial charge in [0.25, 0.3) is 0 Å². The van der Waals surface area contributed by atoms with Gasteiger partial charge in [-0.1, -0.05) is 12.8 Å². The van der Waals surface area contributed by atoms with E-state index in [0.717, 1.165) is 72.7 Å². The molecule has 7 nitrogen and oxygen atoms in total. The van der Waals surface area contributed by atoms with Crippen LogP contribution in [0.5, 0.6) is 5.75 Å². The lowest BCUT2D eigenvalue weighted by molar-refractivity contribution is 0.219. The SMILES string of the molecule is CSc1cc(-c2cnc3ccc(N4CCC4)c(C#N)n23)cc(OCC2(N)CCCC2)c1C#N. The molecule has 0 bridgehead atoms. The fourth-order valence-electron chi connectivity index (χ4n) is 4.76. The summed E-state index contributed by atoms with van der Waals surface area (Å²) in [5, 5.41) is 19.9. The van der Waals surface area contributed by atoms with E-state index in [1.807, 2.05) is 34.9 Å². The van der Waals surface area contributed by atoms with Crippen molar-refractivity contribution in [2.75, 3.05) is 30.9 Å². The molecule has 1 aromatic carbocycles. The molecule has 5 rings (SSSR count). The van der Waals surface area contributed by atoms with E-state index in [4.69, 9.17) is 10.5 Å². The van der Waals surface area contributed by atoms with Gasteiger partial charge in [0.05, 0.1) is 23.1 Å². The molecule has 1 aliphatic carbocycles. The van der Waals surface area contributed by atoms with Gasteiger partial charge >= 0.3 is 0 Å². The molecule has 2 N–H and O–H groups in total. The average molecular weight is 459 g/mol. The Balaban J connectivity index is 1.62. The Kier molecular flexibility index (Phi) is 5.65. The van der Waals surface area contributed by atoms with Crippen LogP contribution in [-0.4, -0.2) is 40.9 Å². The molecule has 168 valence electrons. The Morgan fingerprint density at radius 2 is 1.94 bits per heavy atom. The van der Waals surface area contributed by atoms with Crippen molar-refractivity contribution < 1.29 is 4.74 Å². The molecule has 1 saturated carbocycles. The normalized spacial score (nSPS) is 16.9. The van der Waals surface area contributed by atoms with E-state index in [-0.39, 0.29) is 5.54 Å². The second kappa shape index (κ2) is 8.62. The first-order valence-electron chi connectivity index (χ1n) is 11.3. The zero-order valence-corrected chi connectivity index (χ0v) is 19.5. The van der Waals surface area contributed by atoms with Crippen LogP contribution in [0.25, 0.3) is 16.9 Å². The summed E-state index contributed by atoms with van der Waals surface area (Å²) in [5.74, 6) is 0.531. The predicted molar refractivity (Wildman–Crippen MR) is 130 cm³/mol. The molecule has 0 unspecified atom stereocenters. The van der Waals surface area contributed by atoms with Gasteiger partial charge < -0.3 is 15.4 Å². The molecule has 2 aliphatic rings. The molecule has 33 heavy (non-hydrogen) atoms. The summed E-state index contributed by atoms with van der Waals surface area (Å²) in [7, 11) is 0.